The highest BCUT2D eigenvalue weighted by Crippen LogP contribution is 2.36. The van der Waals surface area contributed by atoms with Gasteiger partial charge in [0.05, 0.1) is 0 Å². The van der Waals surface area contributed by atoms with Gasteiger partial charge >= 0.3 is 0 Å². The molecule has 94 valence electrons. The summed E-state index contributed by atoms with van der Waals surface area (Å²) in [6.45, 7) is 10.8. The zero-order chi connectivity index (χ0) is 13.5. The molecule has 0 fully saturated rings. The van der Waals surface area contributed by atoms with E-state index in [0.717, 1.165) is 22.8 Å². The van der Waals surface area contributed by atoms with Crippen molar-refractivity contribution in [2.45, 2.75) is 40.0 Å². The fraction of sp³-hybridized carbons (Fsp3) is 0.353. The smallest absolute Gasteiger partial charge is 0.150 e. The van der Waals surface area contributed by atoms with Gasteiger partial charge in [-0.15, -0.1) is 0 Å². The molecule has 0 N–H and O–H groups in total. The quantitative estimate of drug-likeness (QED) is 0.667. The van der Waals surface area contributed by atoms with E-state index in [-0.39, 0.29) is 5.41 Å². The average molecular weight is 240 g/mol. The van der Waals surface area contributed by atoms with E-state index in [1.165, 1.54) is 16.5 Å². The molecule has 0 radical (unpaired) electrons. The standard InChI is InChI=1S/C17H20O/c1-11-12(2)16(17(3,4)5)14-9-7-6-8-13(14)15(11)10-18/h6-10H,1-5H3. The predicted molar refractivity (Wildman–Crippen MR) is 77.5 cm³/mol. The van der Waals surface area contributed by atoms with E-state index in [9.17, 15) is 4.79 Å². The average Bonchev–Trinajstić information content (AvgIpc) is 2.29. The lowest BCUT2D eigenvalue weighted by Crippen LogP contribution is -2.15. The van der Waals surface area contributed by atoms with Gasteiger partial charge in [0.2, 0.25) is 0 Å². The molecule has 0 saturated carbocycles. The topological polar surface area (TPSA) is 17.1 Å². The highest BCUT2D eigenvalue weighted by molar-refractivity contribution is 6.02. The Morgan fingerprint density at radius 3 is 2.00 bits per heavy atom. The molecule has 1 heteroatoms. The van der Waals surface area contributed by atoms with E-state index in [1.54, 1.807) is 0 Å². The maximum absolute atomic E-state index is 11.4. The van der Waals surface area contributed by atoms with Gasteiger partial charge in [-0.2, -0.15) is 0 Å². The number of carbonyl (C=O) groups excluding carboxylic acids is 1. The Morgan fingerprint density at radius 2 is 1.50 bits per heavy atom. The van der Waals surface area contributed by atoms with E-state index < -0.39 is 0 Å². The fourth-order valence-electron chi connectivity index (χ4n) is 2.85. The van der Waals surface area contributed by atoms with Crippen LogP contribution in [0.1, 0.15) is 47.8 Å². The summed E-state index contributed by atoms with van der Waals surface area (Å²) in [5.74, 6) is 0. The summed E-state index contributed by atoms with van der Waals surface area (Å²) in [6, 6.07) is 8.20. The summed E-state index contributed by atoms with van der Waals surface area (Å²) in [5, 5.41) is 2.27. The first-order valence-corrected chi connectivity index (χ1v) is 6.35. The first-order valence-electron chi connectivity index (χ1n) is 6.35. The third kappa shape index (κ3) is 1.84. The molecule has 0 aromatic heterocycles. The van der Waals surface area contributed by atoms with Crippen molar-refractivity contribution in [2.24, 2.45) is 0 Å². The van der Waals surface area contributed by atoms with Crippen LogP contribution in [0.25, 0.3) is 10.8 Å². The number of hydrogen-bond donors (Lipinski definition) is 0. The van der Waals surface area contributed by atoms with Crippen molar-refractivity contribution in [2.75, 3.05) is 0 Å². The second-order valence-corrected chi connectivity index (χ2v) is 5.95. The van der Waals surface area contributed by atoms with Gasteiger partial charge in [-0.1, -0.05) is 45.0 Å². The first-order chi connectivity index (χ1) is 8.38. The summed E-state index contributed by atoms with van der Waals surface area (Å²) in [4.78, 5) is 11.4. The number of rotatable bonds is 1. The largest absolute Gasteiger partial charge is 0.298 e. The van der Waals surface area contributed by atoms with Crippen LogP contribution in [-0.4, -0.2) is 6.29 Å². The molecule has 0 unspecified atom stereocenters. The lowest BCUT2D eigenvalue weighted by molar-refractivity contribution is 0.112. The van der Waals surface area contributed by atoms with Crippen molar-refractivity contribution >= 4 is 17.1 Å². The first kappa shape index (κ1) is 12.8. The Hall–Kier alpha value is -1.63. The minimum atomic E-state index is 0.0792. The maximum atomic E-state index is 11.4. The van der Waals surface area contributed by atoms with Crippen molar-refractivity contribution in [1.82, 2.24) is 0 Å². The summed E-state index contributed by atoms with van der Waals surface area (Å²) in [7, 11) is 0. The van der Waals surface area contributed by atoms with E-state index in [0.29, 0.717) is 0 Å². The third-order valence-electron chi connectivity index (χ3n) is 3.70. The Balaban J connectivity index is 3.04. The van der Waals surface area contributed by atoms with Crippen LogP contribution in [0.4, 0.5) is 0 Å². The van der Waals surface area contributed by atoms with Crippen LogP contribution in [0.2, 0.25) is 0 Å². The zero-order valence-corrected chi connectivity index (χ0v) is 11.8. The molecular weight excluding hydrogens is 220 g/mol. The minimum Gasteiger partial charge on any atom is -0.298 e. The lowest BCUT2D eigenvalue weighted by atomic mass is 9.78. The Morgan fingerprint density at radius 1 is 0.944 bits per heavy atom. The van der Waals surface area contributed by atoms with Gasteiger partial charge < -0.3 is 0 Å². The van der Waals surface area contributed by atoms with Gasteiger partial charge in [0.15, 0.2) is 6.29 Å². The van der Waals surface area contributed by atoms with Gasteiger partial charge in [-0.25, -0.2) is 0 Å². The number of carbonyl (C=O) groups is 1. The molecule has 2 aromatic carbocycles. The number of hydrogen-bond acceptors (Lipinski definition) is 1. The van der Waals surface area contributed by atoms with Crippen LogP contribution in [-0.2, 0) is 5.41 Å². The molecule has 1 nitrogen and oxygen atoms in total. The van der Waals surface area contributed by atoms with Crippen molar-refractivity contribution in [3.05, 3.63) is 46.5 Å². The van der Waals surface area contributed by atoms with Crippen LogP contribution < -0.4 is 0 Å². The molecule has 0 aliphatic heterocycles. The highest BCUT2D eigenvalue weighted by Gasteiger charge is 2.22. The molecule has 2 aromatic rings. The highest BCUT2D eigenvalue weighted by atomic mass is 16.1. The maximum Gasteiger partial charge on any atom is 0.150 e. The summed E-state index contributed by atoms with van der Waals surface area (Å²) in [6.07, 6.45) is 0.983. The molecule has 0 bridgehead atoms. The number of fused-ring (bicyclic) bond motifs is 1. The number of benzene rings is 2. The summed E-state index contributed by atoms with van der Waals surface area (Å²) >= 11 is 0. The third-order valence-corrected chi connectivity index (χ3v) is 3.70. The van der Waals surface area contributed by atoms with E-state index in [1.807, 2.05) is 25.1 Å². The Bertz CT molecular complexity index is 616. The molecular formula is C17H20O. The SMILES string of the molecule is Cc1c(C)c(C(C)(C)C)c2ccccc2c1C=O. The van der Waals surface area contributed by atoms with Crippen molar-refractivity contribution < 1.29 is 4.79 Å². The van der Waals surface area contributed by atoms with Gasteiger partial charge in [-0.3, -0.25) is 4.79 Å². The Kier molecular flexibility index (Phi) is 3.02. The van der Waals surface area contributed by atoms with E-state index >= 15 is 0 Å². The molecule has 18 heavy (non-hydrogen) atoms. The lowest BCUT2D eigenvalue weighted by Gasteiger charge is -2.26. The molecule has 2 rings (SSSR count). The zero-order valence-electron chi connectivity index (χ0n) is 11.8. The normalized spacial score (nSPS) is 11.8. The van der Waals surface area contributed by atoms with E-state index in [2.05, 4.69) is 33.8 Å². The molecule has 0 amide bonds. The van der Waals surface area contributed by atoms with Crippen LogP contribution in [0.5, 0.6) is 0 Å². The van der Waals surface area contributed by atoms with Gasteiger partial charge in [0, 0.05) is 5.56 Å². The van der Waals surface area contributed by atoms with Crippen LogP contribution in [0.15, 0.2) is 24.3 Å². The molecule has 0 saturated heterocycles. The summed E-state index contributed by atoms with van der Waals surface area (Å²) in [5.41, 5.74) is 4.60. The van der Waals surface area contributed by atoms with Crippen molar-refractivity contribution in [1.29, 1.82) is 0 Å². The predicted octanol–water partition coefficient (Wildman–Crippen LogP) is 4.57. The molecule has 0 heterocycles. The van der Waals surface area contributed by atoms with Crippen molar-refractivity contribution in [3.63, 3.8) is 0 Å². The minimum absolute atomic E-state index is 0.0792. The van der Waals surface area contributed by atoms with E-state index in [4.69, 9.17) is 0 Å². The second-order valence-electron chi connectivity index (χ2n) is 5.95. The van der Waals surface area contributed by atoms with Gasteiger partial charge in [-0.05, 0) is 46.7 Å². The van der Waals surface area contributed by atoms with Crippen LogP contribution >= 0.6 is 0 Å². The molecule has 0 aliphatic rings. The fourth-order valence-corrected chi connectivity index (χ4v) is 2.85. The second kappa shape index (κ2) is 4.24. The van der Waals surface area contributed by atoms with Gasteiger partial charge in [0.1, 0.15) is 0 Å². The molecule has 0 atom stereocenters. The molecule has 0 spiro atoms. The Labute approximate surface area is 109 Å². The van der Waals surface area contributed by atoms with Crippen molar-refractivity contribution in [3.8, 4) is 0 Å². The van der Waals surface area contributed by atoms with Gasteiger partial charge in [0.25, 0.3) is 0 Å². The monoisotopic (exact) mass is 240 g/mol. The van der Waals surface area contributed by atoms with Crippen LogP contribution in [0.3, 0.4) is 0 Å². The molecule has 0 aliphatic carbocycles. The van der Waals surface area contributed by atoms with Crippen LogP contribution in [0, 0.1) is 13.8 Å². The summed E-state index contributed by atoms with van der Waals surface area (Å²) < 4.78 is 0. The number of aldehydes is 1.